The summed E-state index contributed by atoms with van der Waals surface area (Å²) in [5, 5.41) is 0. The van der Waals surface area contributed by atoms with Crippen molar-refractivity contribution in [2.24, 2.45) is 0 Å². The molecular weight excluding hydrogens is 268 g/mol. The molecule has 0 aromatic carbocycles. The molecule has 122 valence electrons. The highest BCUT2D eigenvalue weighted by atomic mass is 16.5. The lowest BCUT2D eigenvalue weighted by Crippen LogP contribution is -2.13. The summed E-state index contributed by atoms with van der Waals surface area (Å²) in [7, 11) is 0. The molecule has 4 nitrogen and oxygen atoms in total. The summed E-state index contributed by atoms with van der Waals surface area (Å²) in [5.41, 5.74) is 0. The molecule has 0 fully saturated rings. The van der Waals surface area contributed by atoms with Gasteiger partial charge in [0.25, 0.3) is 0 Å². The molecule has 0 amide bonds. The van der Waals surface area contributed by atoms with E-state index in [2.05, 4.69) is 13.8 Å². The van der Waals surface area contributed by atoms with Crippen LogP contribution in [0, 0.1) is 0 Å². The molecule has 0 saturated heterocycles. The zero-order valence-electron chi connectivity index (χ0n) is 13.7. The van der Waals surface area contributed by atoms with Crippen LogP contribution in [0.3, 0.4) is 0 Å². The maximum Gasteiger partial charge on any atom is 0.331 e. The molecule has 0 rings (SSSR count). The van der Waals surface area contributed by atoms with Crippen LogP contribution in [0.25, 0.3) is 0 Å². The van der Waals surface area contributed by atoms with Crippen molar-refractivity contribution in [3.8, 4) is 0 Å². The first-order valence-electron chi connectivity index (χ1n) is 8.15. The van der Waals surface area contributed by atoms with E-state index in [9.17, 15) is 9.59 Å². The number of hydrogen-bond acceptors (Lipinski definition) is 4. The summed E-state index contributed by atoms with van der Waals surface area (Å²) in [6, 6.07) is 0. The minimum Gasteiger partial charge on any atom is -0.463 e. The van der Waals surface area contributed by atoms with Crippen molar-refractivity contribution in [3.05, 3.63) is 12.2 Å². The second-order valence-electron chi connectivity index (χ2n) is 5.30. The second-order valence-corrected chi connectivity index (χ2v) is 5.30. The molecule has 0 bridgehead atoms. The fraction of sp³-hybridized carbons (Fsp3) is 0.765. The lowest BCUT2D eigenvalue weighted by molar-refractivity contribution is -0.143. The smallest absolute Gasteiger partial charge is 0.331 e. The van der Waals surface area contributed by atoms with Crippen LogP contribution in [0.5, 0.6) is 0 Å². The Labute approximate surface area is 128 Å². The first-order chi connectivity index (χ1) is 10.1. The van der Waals surface area contributed by atoms with E-state index >= 15 is 0 Å². The molecule has 0 aromatic heterocycles. The van der Waals surface area contributed by atoms with Gasteiger partial charge in [-0.15, -0.1) is 0 Å². The predicted octanol–water partition coefficient (Wildman–Crippen LogP) is 4.18. The normalized spacial score (nSPS) is 12.3. The van der Waals surface area contributed by atoms with Gasteiger partial charge < -0.3 is 9.47 Å². The molecule has 21 heavy (non-hydrogen) atoms. The summed E-state index contributed by atoms with van der Waals surface area (Å²) in [6.07, 6.45) is 10.6. The van der Waals surface area contributed by atoms with Crippen molar-refractivity contribution in [1.29, 1.82) is 0 Å². The topological polar surface area (TPSA) is 52.6 Å². The summed E-state index contributed by atoms with van der Waals surface area (Å²) in [5.74, 6) is -0.970. The predicted molar refractivity (Wildman–Crippen MR) is 83.9 cm³/mol. The second kappa shape index (κ2) is 13.7. The van der Waals surface area contributed by atoms with Gasteiger partial charge in [0.05, 0.1) is 12.7 Å². The molecule has 0 saturated carbocycles. The summed E-state index contributed by atoms with van der Waals surface area (Å²) in [4.78, 5) is 22.8. The van der Waals surface area contributed by atoms with Gasteiger partial charge in [-0.25, -0.2) is 9.59 Å². The molecular formula is C17H30O4. The Morgan fingerprint density at radius 2 is 1.52 bits per heavy atom. The SMILES string of the molecule is CCCCCCC(C)OC(=O)/C=C/C(=O)OCCCCC. The van der Waals surface area contributed by atoms with Crippen molar-refractivity contribution in [2.75, 3.05) is 6.61 Å². The van der Waals surface area contributed by atoms with E-state index in [4.69, 9.17) is 9.47 Å². The van der Waals surface area contributed by atoms with Crippen molar-refractivity contribution in [3.63, 3.8) is 0 Å². The number of hydrogen-bond donors (Lipinski definition) is 0. The fourth-order valence-corrected chi connectivity index (χ4v) is 1.86. The van der Waals surface area contributed by atoms with E-state index in [0.717, 1.165) is 50.7 Å². The van der Waals surface area contributed by atoms with Crippen LogP contribution < -0.4 is 0 Å². The molecule has 0 aliphatic carbocycles. The molecule has 0 radical (unpaired) electrons. The highest BCUT2D eigenvalue weighted by Gasteiger charge is 2.07. The quantitative estimate of drug-likeness (QED) is 0.308. The molecule has 4 heteroatoms. The molecule has 0 aromatic rings. The van der Waals surface area contributed by atoms with Crippen LogP contribution >= 0.6 is 0 Å². The molecule has 0 N–H and O–H groups in total. The van der Waals surface area contributed by atoms with Gasteiger partial charge in [0.1, 0.15) is 0 Å². The summed E-state index contributed by atoms with van der Waals surface area (Å²) < 4.78 is 10.1. The van der Waals surface area contributed by atoms with Crippen LogP contribution in [0.15, 0.2) is 12.2 Å². The maximum atomic E-state index is 11.5. The average molecular weight is 298 g/mol. The fourth-order valence-electron chi connectivity index (χ4n) is 1.86. The molecule has 0 heterocycles. The zero-order chi connectivity index (χ0) is 15.9. The van der Waals surface area contributed by atoms with E-state index in [1.165, 1.54) is 12.8 Å². The van der Waals surface area contributed by atoms with Crippen LogP contribution in [0.2, 0.25) is 0 Å². The van der Waals surface area contributed by atoms with Gasteiger partial charge in [-0.3, -0.25) is 0 Å². The van der Waals surface area contributed by atoms with Crippen molar-refractivity contribution >= 4 is 11.9 Å². The molecule has 0 spiro atoms. The van der Waals surface area contributed by atoms with Crippen molar-refractivity contribution in [1.82, 2.24) is 0 Å². The Morgan fingerprint density at radius 1 is 0.905 bits per heavy atom. The number of carbonyl (C=O) groups excluding carboxylic acids is 2. The number of rotatable bonds is 12. The number of unbranched alkanes of at least 4 members (excludes halogenated alkanes) is 5. The van der Waals surface area contributed by atoms with Gasteiger partial charge in [-0.1, -0.05) is 46.0 Å². The van der Waals surface area contributed by atoms with E-state index in [1.54, 1.807) is 0 Å². The highest BCUT2D eigenvalue weighted by Crippen LogP contribution is 2.08. The van der Waals surface area contributed by atoms with E-state index in [0.29, 0.717) is 6.61 Å². The maximum absolute atomic E-state index is 11.5. The highest BCUT2D eigenvalue weighted by molar-refractivity contribution is 5.91. The van der Waals surface area contributed by atoms with Gasteiger partial charge in [-0.2, -0.15) is 0 Å². The van der Waals surface area contributed by atoms with Gasteiger partial charge in [-0.05, 0) is 26.2 Å². The number of ether oxygens (including phenoxy) is 2. The van der Waals surface area contributed by atoms with E-state index in [-0.39, 0.29) is 6.10 Å². The minimum atomic E-state index is -0.487. The van der Waals surface area contributed by atoms with Crippen molar-refractivity contribution < 1.29 is 19.1 Å². The largest absolute Gasteiger partial charge is 0.463 e. The Morgan fingerprint density at radius 3 is 2.19 bits per heavy atom. The van der Waals surface area contributed by atoms with Crippen molar-refractivity contribution in [2.45, 2.75) is 78.2 Å². The lowest BCUT2D eigenvalue weighted by Gasteiger charge is -2.11. The summed E-state index contributed by atoms with van der Waals surface area (Å²) in [6.45, 7) is 6.53. The third-order valence-corrected chi connectivity index (χ3v) is 3.13. The minimum absolute atomic E-state index is 0.111. The molecule has 0 aliphatic heterocycles. The third-order valence-electron chi connectivity index (χ3n) is 3.13. The standard InChI is InChI=1S/C17H30O4/c1-4-6-8-9-11-15(3)21-17(19)13-12-16(18)20-14-10-7-5-2/h12-13,15H,4-11,14H2,1-3H3/b13-12+. The van der Waals surface area contributed by atoms with Crippen LogP contribution in [-0.2, 0) is 19.1 Å². The Balaban J connectivity index is 3.75. The molecule has 1 atom stereocenters. The first kappa shape index (κ1) is 19.7. The van der Waals surface area contributed by atoms with Crippen LogP contribution in [0.1, 0.15) is 72.1 Å². The van der Waals surface area contributed by atoms with Gasteiger partial charge in [0, 0.05) is 12.2 Å². The Kier molecular flexibility index (Phi) is 12.8. The Bertz CT molecular complexity index is 310. The molecule has 1 unspecified atom stereocenters. The van der Waals surface area contributed by atoms with Crippen LogP contribution in [0.4, 0.5) is 0 Å². The van der Waals surface area contributed by atoms with Gasteiger partial charge in [0.15, 0.2) is 0 Å². The number of carbonyl (C=O) groups is 2. The Hall–Kier alpha value is -1.32. The van der Waals surface area contributed by atoms with E-state index < -0.39 is 11.9 Å². The first-order valence-corrected chi connectivity index (χ1v) is 8.15. The zero-order valence-corrected chi connectivity index (χ0v) is 13.7. The van der Waals surface area contributed by atoms with E-state index in [1.807, 2.05) is 6.92 Å². The third kappa shape index (κ3) is 13.4. The van der Waals surface area contributed by atoms with Crippen LogP contribution in [-0.4, -0.2) is 24.6 Å². The van der Waals surface area contributed by atoms with Gasteiger partial charge in [0.2, 0.25) is 0 Å². The average Bonchev–Trinajstić information content (AvgIpc) is 2.46. The lowest BCUT2D eigenvalue weighted by atomic mass is 10.1. The monoisotopic (exact) mass is 298 g/mol. The number of esters is 2. The molecule has 0 aliphatic rings. The van der Waals surface area contributed by atoms with Gasteiger partial charge >= 0.3 is 11.9 Å². The summed E-state index contributed by atoms with van der Waals surface area (Å²) >= 11 is 0.